The van der Waals surface area contributed by atoms with E-state index in [0.29, 0.717) is 22.0 Å². The SMILES string of the molecule is O=C(CCCl)Nc1cccc2[nH]c3ccccc3c(=O)c12. The number of benzene rings is 2. The zero-order valence-corrected chi connectivity index (χ0v) is 11.9. The molecule has 0 radical (unpaired) electrons. The second-order valence-electron chi connectivity index (χ2n) is 4.72. The molecular formula is C16H13ClN2O2. The summed E-state index contributed by atoms with van der Waals surface area (Å²) < 4.78 is 0. The Morgan fingerprint density at radius 2 is 1.86 bits per heavy atom. The molecule has 0 saturated heterocycles. The Bertz CT molecular complexity index is 886. The molecule has 0 atom stereocenters. The molecular weight excluding hydrogens is 288 g/mol. The second kappa shape index (κ2) is 5.58. The average Bonchev–Trinajstić information content (AvgIpc) is 2.48. The quantitative estimate of drug-likeness (QED) is 0.576. The van der Waals surface area contributed by atoms with Crippen molar-refractivity contribution in [3.05, 3.63) is 52.7 Å². The van der Waals surface area contributed by atoms with Gasteiger partial charge in [-0.25, -0.2) is 0 Å². The van der Waals surface area contributed by atoms with Gasteiger partial charge in [-0.2, -0.15) is 0 Å². The Kier molecular flexibility index (Phi) is 3.62. The van der Waals surface area contributed by atoms with E-state index in [2.05, 4.69) is 10.3 Å². The van der Waals surface area contributed by atoms with Gasteiger partial charge in [0.2, 0.25) is 5.91 Å². The fourth-order valence-corrected chi connectivity index (χ4v) is 2.55. The smallest absolute Gasteiger partial charge is 0.225 e. The Morgan fingerprint density at radius 1 is 1.10 bits per heavy atom. The minimum atomic E-state index is -0.204. The summed E-state index contributed by atoms with van der Waals surface area (Å²) >= 11 is 5.56. The first-order valence-corrected chi connectivity index (χ1v) is 7.13. The third kappa shape index (κ3) is 2.50. The van der Waals surface area contributed by atoms with Gasteiger partial charge >= 0.3 is 0 Å². The summed E-state index contributed by atoms with van der Waals surface area (Å²) in [5.74, 6) is 0.0423. The van der Waals surface area contributed by atoms with Crippen molar-refractivity contribution in [2.24, 2.45) is 0 Å². The molecule has 1 heterocycles. The van der Waals surface area contributed by atoms with Gasteiger partial charge in [-0.1, -0.05) is 18.2 Å². The van der Waals surface area contributed by atoms with Gasteiger partial charge in [0.1, 0.15) is 0 Å². The lowest BCUT2D eigenvalue weighted by molar-refractivity contribution is -0.115. The van der Waals surface area contributed by atoms with Crippen molar-refractivity contribution in [2.45, 2.75) is 6.42 Å². The minimum Gasteiger partial charge on any atom is -0.354 e. The number of halogens is 1. The predicted molar refractivity (Wildman–Crippen MR) is 86.0 cm³/mol. The number of nitrogens with one attached hydrogen (secondary N) is 2. The molecule has 3 rings (SSSR count). The molecule has 2 aromatic carbocycles. The van der Waals surface area contributed by atoms with Crippen molar-refractivity contribution < 1.29 is 4.79 Å². The monoisotopic (exact) mass is 300 g/mol. The molecule has 5 heteroatoms. The van der Waals surface area contributed by atoms with Gasteiger partial charge in [-0.15, -0.1) is 11.6 Å². The van der Waals surface area contributed by atoms with Crippen LogP contribution in [0.3, 0.4) is 0 Å². The number of carbonyl (C=O) groups is 1. The fraction of sp³-hybridized carbons (Fsp3) is 0.125. The number of aromatic nitrogens is 1. The summed E-state index contributed by atoms with van der Waals surface area (Å²) in [6.07, 6.45) is 0.212. The standard InChI is InChI=1S/C16H13ClN2O2/c17-9-8-14(20)19-13-7-3-6-12-15(13)16(21)10-4-1-2-5-11(10)18-12/h1-7H,8-9H2,(H,18,21)(H,19,20). The van der Waals surface area contributed by atoms with Crippen LogP contribution in [-0.2, 0) is 4.79 Å². The first-order valence-electron chi connectivity index (χ1n) is 6.60. The van der Waals surface area contributed by atoms with E-state index in [1.807, 2.05) is 24.3 Å². The number of alkyl halides is 1. The van der Waals surface area contributed by atoms with E-state index in [1.165, 1.54) is 0 Å². The van der Waals surface area contributed by atoms with Crippen molar-refractivity contribution in [3.8, 4) is 0 Å². The molecule has 4 nitrogen and oxygen atoms in total. The van der Waals surface area contributed by atoms with Crippen molar-refractivity contribution >= 4 is 45.0 Å². The van der Waals surface area contributed by atoms with Gasteiger partial charge in [-0.3, -0.25) is 9.59 Å². The molecule has 0 fully saturated rings. The summed E-state index contributed by atoms with van der Waals surface area (Å²) in [6.45, 7) is 0. The Balaban J connectivity index is 2.24. The van der Waals surface area contributed by atoms with E-state index >= 15 is 0 Å². The second-order valence-corrected chi connectivity index (χ2v) is 5.09. The van der Waals surface area contributed by atoms with Crippen molar-refractivity contribution in [3.63, 3.8) is 0 Å². The lowest BCUT2D eigenvalue weighted by Crippen LogP contribution is -2.14. The maximum absolute atomic E-state index is 12.7. The van der Waals surface area contributed by atoms with Gasteiger partial charge < -0.3 is 10.3 Å². The molecule has 0 aliphatic carbocycles. The number of rotatable bonds is 3. The van der Waals surface area contributed by atoms with Crippen LogP contribution >= 0.6 is 11.6 Å². The summed E-state index contributed by atoms with van der Waals surface area (Å²) in [4.78, 5) is 27.6. The van der Waals surface area contributed by atoms with Crippen molar-refractivity contribution in [1.82, 2.24) is 4.98 Å². The number of aromatic amines is 1. The molecule has 0 aliphatic heterocycles. The Hall–Kier alpha value is -2.33. The third-order valence-corrected chi connectivity index (χ3v) is 3.52. The van der Waals surface area contributed by atoms with E-state index in [-0.39, 0.29) is 23.6 Å². The molecule has 0 bridgehead atoms. The average molecular weight is 301 g/mol. The van der Waals surface area contributed by atoms with Crippen LogP contribution in [0.4, 0.5) is 5.69 Å². The van der Waals surface area contributed by atoms with E-state index in [1.54, 1.807) is 18.2 Å². The molecule has 1 amide bonds. The zero-order chi connectivity index (χ0) is 14.8. The van der Waals surface area contributed by atoms with Crippen LogP contribution in [0.25, 0.3) is 21.8 Å². The number of pyridine rings is 1. The van der Waals surface area contributed by atoms with E-state index in [0.717, 1.165) is 5.52 Å². The van der Waals surface area contributed by atoms with Crippen LogP contribution in [0.5, 0.6) is 0 Å². The predicted octanol–water partition coefficient (Wildman–Crippen LogP) is 3.25. The summed E-state index contributed by atoms with van der Waals surface area (Å²) in [6, 6.07) is 12.6. The first-order chi connectivity index (χ1) is 10.2. The van der Waals surface area contributed by atoms with E-state index < -0.39 is 0 Å². The van der Waals surface area contributed by atoms with Crippen LogP contribution in [0.1, 0.15) is 6.42 Å². The van der Waals surface area contributed by atoms with E-state index in [9.17, 15) is 9.59 Å². The molecule has 0 spiro atoms. The van der Waals surface area contributed by atoms with Gasteiger partial charge in [-0.05, 0) is 24.3 Å². The topological polar surface area (TPSA) is 62.0 Å². The maximum Gasteiger partial charge on any atom is 0.225 e. The Morgan fingerprint density at radius 3 is 2.67 bits per heavy atom. The van der Waals surface area contributed by atoms with Gasteiger partial charge in [0, 0.05) is 23.2 Å². The molecule has 3 aromatic rings. The molecule has 1 aromatic heterocycles. The molecule has 106 valence electrons. The number of hydrogen-bond donors (Lipinski definition) is 2. The number of amides is 1. The molecule has 21 heavy (non-hydrogen) atoms. The summed E-state index contributed by atoms with van der Waals surface area (Å²) in [7, 11) is 0. The minimum absolute atomic E-state index is 0.0962. The van der Waals surface area contributed by atoms with Gasteiger partial charge in [0.05, 0.1) is 16.6 Å². The highest BCUT2D eigenvalue weighted by Crippen LogP contribution is 2.21. The number of carbonyl (C=O) groups excluding carboxylic acids is 1. The zero-order valence-electron chi connectivity index (χ0n) is 11.2. The van der Waals surface area contributed by atoms with Gasteiger partial charge in [0.25, 0.3) is 0 Å². The first kappa shape index (κ1) is 13.6. The summed E-state index contributed by atoms with van der Waals surface area (Å²) in [5, 5.41) is 3.83. The molecule has 2 N–H and O–H groups in total. The Labute approximate surface area is 125 Å². The third-order valence-electron chi connectivity index (χ3n) is 3.33. The van der Waals surface area contributed by atoms with Crippen LogP contribution in [-0.4, -0.2) is 16.8 Å². The number of hydrogen-bond acceptors (Lipinski definition) is 2. The highest BCUT2D eigenvalue weighted by Gasteiger charge is 2.11. The maximum atomic E-state index is 12.7. The molecule has 0 unspecified atom stereocenters. The van der Waals surface area contributed by atoms with E-state index in [4.69, 9.17) is 11.6 Å². The number of para-hydroxylation sites is 1. The highest BCUT2D eigenvalue weighted by molar-refractivity contribution is 6.19. The summed E-state index contributed by atoms with van der Waals surface area (Å²) in [5.41, 5.74) is 1.89. The molecule has 0 aliphatic rings. The molecule has 0 saturated carbocycles. The largest absolute Gasteiger partial charge is 0.354 e. The van der Waals surface area contributed by atoms with Crippen LogP contribution < -0.4 is 10.7 Å². The van der Waals surface area contributed by atoms with Crippen LogP contribution in [0.2, 0.25) is 0 Å². The lowest BCUT2D eigenvalue weighted by Gasteiger charge is -2.09. The number of H-pyrrole nitrogens is 1. The van der Waals surface area contributed by atoms with Crippen LogP contribution in [0, 0.1) is 0 Å². The van der Waals surface area contributed by atoms with Crippen molar-refractivity contribution in [2.75, 3.05) is 11.2 Å². The van der Waals surface area contributed by atoms with Gasteiger partial charge in [0.15, 0.2) is 5.43 Å². The highest BCUT2D eigenvalue weighted by atomic mass is 35.5. The number of fused-ring (bicyclic) bond motifs is 2. The van der Waals surface area contributed by atoms with Crippen LogP contribution in [0.15, 0.2) is 47.3 Å². The number of anilines is 1. The van der Waals surface area contributed by atoms with Crippen molar-refractivity contribution in [1.29, 1.82) is 0 Å². The lowest BCUT2D eigenvalue weighted by atomic mass is 10.1. The fourth-order valence-electron chi connectivity index (χ4n) is 2.37. The normalized spacial score (nSPS) is 10.9.